The average Bonchev–Trinajstić information content (AvgIpc) is 2.88. The van der Waals surface area contributed by atoms with Crippen LogP contribution in [0, 0.1) is 6.92 Å². The van der Waals surface area contributed by atoms with Crippen LogP contribution in [0.5, 0.6) is 17.2 Å². The van der Waals surface area contributed by atoms with Crippen molar-refractivity contribution in [3.05, 3.63) is 89.0 Å². The van der Waals surface area contributed by atoms with E-state index in [1.807, 2.05) is 19.1 Å². The monoisotopic (exact) mass is 475 g/mol. The normalized spacial score (nSPS) is 10.5. The molecule has 0 aliphatic rings. The number of methoxy groups -OCH3 is 2. The number of hydrogen-bond acceptors (Lipinski definition) is 7. The second kappa shape index (κ2) is 12.0. The first kappa shape index (κ1) is 25.0. The lowest BCUT2D eigenvalue weighted by atomic mass is 10.1. The molecular formula is C26H25N3O6. The minimum absolute atomic E-state index is 0.229. The molecule has 9 nitrogen and oxygen atoms in total. The van der Waals surface area contributed by atoms with Gasteiger partial charge in [-0.2, -0.15) is 5.10 Å². The molecule has 0 heterocycles. The molecule has 3 rings (SSSR count). The first-order valence-electron chi connectivity index (χ1n) is 10.6. The van der Waals surface area contributed by atoms with Crippen molar-refractivity contribution in [1.29, 1.82) is 0 Å². The van der Waals surface area contributed by atoms with Crippen LogP contribution < -0.4 is 25.0 Å². The van der Waals surface area contributed by atoms with Gasteiger partial charge in [0.2, 0.25) is 0 Å². The Labute approximate surface area is 202 Å². The summed E-state index contributed by atoms with van der Waals surface area (Å²) in [5.41, 5.74) is 4.79. The summed E-state index contributed by atoms with van der Waals surface area (Å²) in [6.07, 6.45) is 1.40. The fraction of sp³-hybridized carbons (Fsp3) is 0.154. The zero-order valence-corrected chi connectivity index (χ0v) is 19.5. The summed E-state index contributed by atoms with van der Waals surface area (Å²) >= 11 is 0. The molecule has 0 saturated carbocycles. The van der Waals surface area contributed by atoms with Gasteiger partial charge in [-0.3, -0.25) is 9.59 Å². The molecule has 9 heteroatoms. The standard InChI is InChI=1S/C26H25N3O6/c1-17-4-7-19(8-5-17)25(31)27-16-24(30)29-28-15-18-6-13-22(23(14-18)34-3)35-26(32)20-9-11-21(33-2)12-10-20/h4-15H,16H2,1-3H3,(H,27,31)(H,29,30). The molecule has 0 aromatic heterocycles. The second-order valence-corrected chi connectivity index (χ2v) is 7.37. The number of hydrazone groups is 1. The van der Waals surface area contributed by atoms with Crippen LogP contribution in [0.25, 0.3) is 0 Å². The van der Waals surface area contributed by atoms with Crippen LogP contribution in [0.15, 0.2) is 71.8 Å². The molecule has 3 aromatic carbocycles. The lowest BCUT2D eigenvalue weighted by Gasteiger charge is -2.10. The SMILES string of the molecule is COc1ccc(C(=O)Oc2ccc(C=NNC(=O)CNC(=O)c3ccc(C)cc3)cc2OC)cc1. The van der Waals surface area contributed by atoms with Gasteiger partial charge in [0.25, 0.3) is 11.8 Å². The van der Waals surface area contributed by atoms with Crippen molar-refractivity contribution in [2.24, 2.45) is 5.10 Å². The number of aryl methyl sites for hydroxylation is 1. The maximum atomic E-state index is 12.4. The molecule has 2 amide bonds. The van der Waals surface area contributed by atoms with Gasteiger partial charge >= 0.3 is 5.97 Å². The summed E-state index contributed by atoms with van der Waals surface area (Å²) in [6, 6.07) is 18.3. The zero-order valence-electron chi connectivity index (χ0n) is 19.5. The summed E-state index contributed by atoms with van der Waals surface area (Å²) < 4.78 is 15.8. The molecule has 180 valence electrons. The highest BCUT2D eigenvalue weighted by atomic mass is 16.6. The van der Waals surface area contributed by atoms with Crippen molar-refractivity contribution in [2.75, 3.05) is 20.8 Å². The van der Waals surface area contributed by atoms with Crippen molar-refractivity contribution in [3.63, 3.8) is 0 Å². The number of esters is 1. The van der Waals surface area contributed by atoms with Crippen molar-refractivity contribution >= 4 is 24.0 Å². The van der Waals surface area contributed by atoms with E-state index in [2.05, 4.69) is 15.8 Å². The van der Waals surface area contributed by atoms with E-state index < -0.39 is 11.9 Å². The van der Waals surface area contributed by atoms with Crippen LogP contribution in [-0.2, 0) is 4.79 Å². The Balaban J connectivity index is 1.53. The van der Waals surface area contributed by atoms with E-state index in [-0.39, 0.29) is 18.2 Å². The smallest absolute Gasteiger partial charge is 0.343 e. The molecule has 0 saturated heterocycles. The van der Waals surface area contributed by atoms with Gasteiger partial charge in [0.15, 0.2) is 11.5 Å². The molecule has 0 aliphatic carbocycles. The van der Waals surface area contributed by atoms with Gasteiger partial charge in [0.05, 0.1) is 32.5 Å². The second-order valence-electron chi connectivity index (χ2n) is 7.37. The molecule has 0 atom stereocenters. The van der Waals surface area contributed by atoms with Gasteiger partial charge in [-0.15, -0.1) is 0 Å². The summed E-state index contributed by atoms with van der Waals surface area (Å²) in [6.45, 7) is 1.69. The zero-order chi connectivity index (χ0) is 25.2. The highest BCUT2D eigenvalue weighted by molar-refractivity contribution is 5.96. The molecule has 0 fully saturated rings. The van der Waals surface area contributed by atoms with E-state index in [1.54, 1.807) is 61.7 Å². The molecule has 0 bridgehead atoms. The first-order chi connectivity index (χ1) is 16.9. The third-order valence-electron chi connectivity index (χ3n) is 4.84. The lowest BCUT2D eigenvalue weighted by Crippen LogP contribution is -2.34. The van der Waals surface area contributed by atoms with Crippen LogP contribution in [0.3, 0.4) is 0 Å². The van der Waals surface area contributed by atoms with E-state index in [1.165, 1.54) is 13.3 Å². The predicted octanol–water partition coefficient (Wildman–Crippen LogP) is 3.11. The van der Waals surface area contributed by atoms with Crippen LogP contribution in [0.4, 0.5) is 0 Å². The number of hydrogen-bond donors (Lipinski definition) is 2. The maximum Gasteiger partial charge on any atom is 0.343 e. The van der Waals surface area contributed by atoms with E-state index >= 15 is 0 Å². The fourth-order valence-electron chi connectivity index (χ4n) is 2.92. The van der Waals surface area contributed by atoms with E-state index in [0.717, 1.165) is 5.56 Å². The van der Waals surface area contributed by atoms with Crippen LogP contribution >= 0.6 is 0 Å². The predicted molar refractivity (Wildman–Crippen MR) is 130 cm³/mol. The molecule has 0 unspecified atom stereocenters. The Morgan fingerprint density at radius 2 is 1.54 bits per heavy atom. The summed E-state index contributed by atoms with van der Waals surface area (Å²) in [4.78, 5) is 36.4. The number of carbonyl (C=O) groups is 3. The van der Waals surface area contributed by atoms with Crippen molar-refractivity contribution in [1.82, 2.24) is 10.7 Å². The van der Waals surface area contributed by atoms with Gasteiger partial charge in [-0.25, -0.2) is 10.2 Å². The Kier molecular flexibility index (Phi) is 8.55. The fourth-order valence-corrected chi connectivity index (χ4v) is 2.92. The van der Waals surface area contributed by atoms with E-state index in [0.29, 0.717) is 28.2 Å². The van der Waals surface area contributed by atoms with Gasteiger partial charge in [0, 0.05) is 5.56 Å². The third-order valence-corrected chi connectivity index (χ3v) is 4.84. The summed E-state index contributed by atoms with van der Waals surface area (Å²) in [7, 11) is 2.98. The van der Waals surface area contributed by atoms with Gasteiger partial charge in [0.1, 0.15) is 5.75 Å². The maximum absolute atomic E-state index is 12.4. The van der Waals surface area contributed by atoms with Gasteiger partial charge < -0.3 is 19.5 Å². The average molecular weight is 476 g/mol. The molecule has 0 spiro atoms. The number of rotatable bonds is 9. The number of amides is 2. The Morgan fingerprint density at radius 1 is 0.857 bits per heavy atom. The molecule has 35 heavy (non-hydrogen) atoms. The summed E-state index contributed by atoms with van der Waals surface area (Å²) in [5, 5.41) is 6.41. The molecule has 0 radical (unpaired) electrons. The highest BCUT2D eigenvalue weighted by Gasteiger charge is 2.13. The van der Waals surface area contributed by atoms with E-state index in [4.69, 9.17) is 14.2 Å². The van der Waals surface area contributed by atoms with Crippen LogP contribution in [0.2, 0.25) is 0 Å². The molecule has 2 N–H and O–H groups in total. The number of nitrogens with one attached hydrogen (secondary N) is 2. The van der Waals surface area contributed by atoms with Crippen molar-refractivity contribution in [3.8, 4) is 17.2 Å². The lowest BCUT2D eigenvalue weighted by molar-refractivity contribution is -0.120. The minimum Gasteiger partial charge on any atom is -0.497 e. The molecule has 0 aliphatic heterocycles. The Hall–Kier alpha value is -4.66. The molecular weight excluding hydrogens is 450 g/mol. The number of nitrogens with zero attached hydrogens (tertiary/aromatic N) is 1. The third kappa shape index (κ3) is 7.16. The van der Waals surface area contributed by atoms with Crippen LogP contribution in [-0.4, -0.2) is 44.8 Å². The topological polar surface area (TPSA) is 115 Å². The van der Waals surface area contributed by atoms with Crippen molar-refractivity contribution < 1.29 is 28.6 Å². The largest absolute Gasteiger partial charge is 0.497 e. The van der Waals surface area contributed by atoms with Crippen molar-refractivity contribution in [2.45, 2.75) is 6.92 Å². The summed E-state index contributed by atoms with van der Waals surface area (Å²) in [5.74, 6) is -0.219. The quantitative estimate of drug-likeness (QED) is 0.213. The van der Waals surface area contributed by atoms with Gasteiger partial charge in [-0.1, -0.05) is 17.7 Å². The Bertz CT molecular complexity index is 1220. The van der Waals surface area contributed by atoms with Crippen LogP contribution in [0.1, 0.15) is 31.8 Å². The molecule has 3 aromatic rings. The number of carbonyl (C=O) groups excluding carboxylic acids is 3. The highest BCUT2D eigenvalue weighted by Crippen LogP contribution is 2.28. The minimum atomic E-state index is -0.549. The van der Waals surface area contributed by atoms with E-state index in [9.17, 15) is 14.4 Å². The first-order valence-corrected chi connectivity index (χ1v) is 10.6. The van der Waals surface area contributed by atoms with Gasteiger partial charge in [-0.05, 0) is 67.1 Å². The Morgan fingerprint density at radius 3 is 2.20 bits per heavy atom. The number of benzene rings is 3. The number of ether oxygens (including phenoxy) is 3.